The SMILES string of the molecule is C[C@@H](NC(=O)COC(=O)CCC(=O)Nc1cc(C(F)(F)F)ccc1Cl)c1ccccc1. The topological polar surface area (TPSA) is 84.5 Å². The lowest BCUT2D eigenvalue weighted by Crippen LogP contribution is -2.31. The van der Waals surface area contributed by atoms with Gasteiger partial charge in [0.15, 0.2) is 6.61 Å². The number of amides is 2. The number of benzene rings is 2. The zero-order valence-electron chi connectivity index (χ0n) is 16.5. The summed E-state index contributed by atoms with van der Waals surface area (Å²) in [4.78, 5) is 35.6. The summed E-state index contributed by atoms with van der Waals surface area (Å²) in [7, 11) is 0. The van der Waals surface area contributed by atoms with Crippen molar-refractivity contribution in [2.45, 2.75) is 32.0 Å². The number of halogens is 4. The van der Waals surface area contributed by atoms with Crippen LogP contribution in [0.2, 0.25) is 5.02 Å². The minimum Gasteiger partial charge on any atom is -0.456 e. The lowest BCUT2D eigenvalue weighted by molar-refractivity contribution is -0.149. The van der Waals surface area contributed by atoms with Gasteiger partial charge in [0, 0.05) is 6.42 Å². The molecule has 1 atom stereocenters. The van der Waals surface area contributed by atoms with Crippen LogP contribution in [-0.4, -0.2) is 24.4 Å². The Hall–Kier alpha value is -3.07. The molecule has 0 aliphatic rings. The van der Waals surface area contributed by atoms with E-state index < -0.39 is 36.1 Å². The summed E-state index contributed by atoms with van der Waals surface area (Å²) >= 11 is 5.81. The first-order chi connectivity index (χ1) is 14.6. The number of esters is 1. The van der Waals surface area contributed by atoms with Gasteiger partial charge in [0.05, 0.1) is 28.7 Å². The van der Waals surface area contributed by atoms with Crippen LogP contribution in [0.15, 0.2) is 48.5 Å². The van der Waals surface area contributed by atoms with Crippen LogP contribution in [0.5, 0.6) is 0 Å². The van der Waals surface area contributed by atoms with E-state index in [0.29, 0.717) is 6.07 Å². The van der Waals surface area contributed by atoms with Crippen LogP contribution < -0.4 is 10.6 Å². The van der Waals surface area contributed by atoms with Gasteiger partial charge in [0.2, 0.25) is 5.91 Å². The Kier molecular flexibility index (Phi) is 8.44. The number of ether oxygens (including phenoxy) is 1. The fraction of sp³-hybridized carbons (Fsp3) is 0.286. The Morgan fingerprint density at radius 1 is 1.03 bits per heavy atom. The summed E-state index contributed by atoms with van der Waals surface area (Å²) in [6.07, 6.45) is -5.30. The monoisotopic (exact) mass is 456 g/mol. The third kappa shape index (κ3) is 7.93. The second-order valence-corrected chi connectivity index (χ2v) is 7.01. The Balaban J connectivity index is 1.76. The van der Waals surface area contributed by atoms with Gasteiger partial charge in [-0.2, -0.15) is 13.2 Å². The van der Waals surface area contributed by atoms with Gasteiger partial charge in [-0.25, -0.2) is 0 Å². The first-order valence-corrected chi connectivity index (χ1v) is 9.60. The van der Waals surface area contributed by atoms with Gasteiger partial charge in [-0.05, 0) is 30.7 Å². The van der Waals surface area contributed by atoms with Crippen LogP contribution in [0, 0.1) is 0 Å². The Bertz CT molecular complexity index is 936. The summed E-state index contributed by atoms with van der Waals surface area (Å²) in [5, 5.41) is 4.82. The van der Waals surface area contributed by atoms with Crippen LogP contribution in [0.25, 0.3) is 0 Å². The molecule has 2 rings (SSSR count). The molecule has 6 nitrogen and oxygen atoms in total. The molecule has 0 radical (unpaired) electrons. The molecule has 0 aliphatic carbocycles. The quantitative estimate of drug-likeness (QED) is 0.573. The zero-order valence-corrected chi connectivity index (χ0v) is 17.2. The van der Waals surface area contributed by atoms with Crippen LogP contribution >= 0.6 is 11.6 Å². The van der Waals surface area contributed by atoms with E-state index in [2.05, 4.69) is 10.6 Å². The third-order valence-corrected chi connectivity index (χ3v) is 4.49. The smallest absolute Gasteiger partial charge is 0.416 e. The van der Waals surface area contributed by atoms with Crippen molar-refractivity contribution in [3.05, 3.63) is 64.7 Å². The normalized spacial score (nSPS) is 12.0. The van der Waals surface area contributed by atoms with Crippen LogP contribution in [0.4, 0.5) is 18.9 Å². The number of rotatable bonds is 8. The molecule has 0 aliphatic heterocycles. The second kappa shape index (κ2) is 10.8. The maximum atomic E-state index is 12.8. The third-order valence-electron chi connectivity index (χ3n) is 4.17. The molecule has 0 saturated carbocycles. The number of hydrogen-bond donors (Lipinski definition) is 2. The molecule has 0 saturated heterocycles. The van der Waals surface area contributed by atoms with Crippen LogP contribution in [0.3, 0.4) is 0 Å². The molecule has 2 aromatic rings. The van der Waals surface area contributed by atoms with Gasteiger partial charge >= 0.3 is 12.1 Å². The van der Waals surface area contributed by atoms with E-state index in [9.17, 15) is 27.6 Å². The van der Waals surface area contributed by atoms with Crippen molar-refractivity contribution in [2.75, 3.05) is 11.9 Å². The Labute approximate surface area is 181 Å². The van der Waals surface area contributed by atoms with Crippen molar-refractivity contribution < 1.29 is 32.3 Å². The fourth-order valence-electron chi connectivity index (χ4n) is 2.55. The van der Waals surface area contributed by atoms with Crippen molar-refractivity contribution in [3.8, 4) is 0 Å². The molecule has 0 fully saturated rings. The van der Waals surface area contributed by atoms with Crippen molar-refractivity contribution >= 4 is 35.1 Å². The largest absolute Gasteiger partial charge is 0.456 e. The Morgan fingerprint density at radius 3 is 2.35 bits per heavy atom. The summed E-state index contributed by atoms with van der Waals surface area (Å²) < 4.78 is 43.1. The highest BCUT2D eigenvalue weighted by Crippen LogP contribution is 2.33. The average molecular weight is 457 g/mol. The van der Waals surface area contributed by atoms with E-state index in [1.807, 2.05) is 30.3 Å². The van der Waals surface area contributed by atoms with Crippen molar-refractivity contribution in [2.24, 2.45) is 0 Å². The predicted octanol–water partition coefficient (Wildman–Crippen LogP) is 4.50. The number of anilines is 1. The van der Waals surface area contributed by atoms with Gasteiger partial charge in [0.1, 0.15) is 0 Å². The summed E-state index contributed by atoms with van der Waals surface area (Å²) in [6.45, 7) is 1.26. The molecule has 10 heteroatoms. The highest BCUT2D eigenvalue weighted by atomic mass is 35.5. The number of nitrogens with one attached hydrogen (secondary N) is 2. The maximum Gasteiger partial charge on any atom is 0.416 e. The summed E-state index contributed by atoms with van der Waals surface area (Å²) in [5.41, 5.74) is -0.307. The highest BCUT2D eigenvalue weighted by Gasteiger charge is 2.31. The van der Waals surface area contributed by atoms with Crippen molar-refractivity contribution in [1.29, 1.82) is 0 Å². The molecule has 0 bridgehead atoms. The average Bonchev–Trinajstić information content (AvgIpc) is 2.72. The molecule has 31 heavy (non-hydrogen) atoms. The van der Waals surface area contributed by atoms with Crippen molar-refractivity contribution in [3.63, 3.8) is 0 Å². The maximum absolute atomic E-state index is 12.8. The molecular formula is C21H20ClF3N2O4. The number of carbonyl (C=O) groups is 3. The molecule has 0 aromatic heterocycles. The number of hydrogen-bond acceptors (Lipinski definition) is 4. The predicted molar refractivity (Wildman–Crippen MR) is 108 cm³/mol. The van der Waals surface area contributed by atoms with E-state index in [1.54, 1.807) is 6.92 Å². The fourth-order valence-corrected chi connectivity index (χ4v) is 2.72. The van der Waals surface area contributed by atoms with Gasteiger partial charge < -0.3 is 15.4 Å². The zero-order chi connectivity index (χ0) is 23.0. The van der Waals surface area contributed by atoms with E-state index in [1.165, 1.54) is 0 Å². The van der Waals surface area contributed by atoms with Gasteiger partial charge in [-0.1, -0.05) is 41.9 Å². The Morgan fingerprint density at radius 2 is 1.71 bits per heavy atom. The van der Waals surface area contributed by atoms with E-state index in [-0.39, 0.29) is 29.6 Å². The summed E-state index contributed by atoms with van der Waals surface area (Å²) in [6, 6.07) is 11.4. The summed E-state index contributed by atoms with van der Waals surface area (Å²) in [5.74, 6) is -2.03. The molecule has 2 N–H and O–H groups in total. The second-order valence-electron chi connectivity index (χ2n) is 6.60. The minimum atomic E-state index is -4.59. The van der Waals surface area contributed by atoms with Gasteiger partial charge in [-0.15, -0.1) is 0 Å². The molecule has 0 unspecified atom stereocenters. The lowest BCUT2D eigenvalue weighted by Gasteiger charge is -2.14. The highest BCUT2D eigenvalue weighted by molar-refractivity contribution is 6.33. The molecule has 0 heterocycles. The van der Waals surface area contributed by atoms with E-state index >= 15 is 0 Å². The standard InChI is InChI=1S/C21H20ClF3N2O4/c1-13(14-5-3-2-4-6-14)26-19(29)12-31-20(30)10-9-18(28)27-17-11-15(21(23,24)25)7-8-16(17)22/h2-8,11,13H,9-10,12H2,1H3,(H,26,29)(H,27,28)/t13-/m1/s1. The number of carbonyl (C=O) groups excluding carboxylic acids is 3. The van der Waals surface area contributed by atoms with Crippen molar-refractivity contribution in [1.82, 2.24) is 5.32 Å². The lowest BCUT2D eigenvalue weighted by atomic mass is 10.1. The molecule has 166 valence electrons. The minimum absolute atomic E-state index is 0.0758. The molecular weight excluding hydrogens is 437 g/mol. The first kappa shape index (κ1) is 24.2. The number of alkyl halides is 3. The molecule has 0 spiro atoms. The van der Waals surface area contributed by atoms with Crippen LogP contribution in [0.1, 0.15) is 36.9 Å². The van der Waals surface area contributed by atoms with E-state index in [4.69, 9.17) is 16.3 Å². The van der Waals surface area contributed by atoms with Gasteiger partial charge in [0.25, 0.3) is 5.91 Å². The first-order valence-electron chi connectivity index (χ1n) is 9.23. The molecule has 2 aromatic carbocycles. The van der Waals surface area contributed by atoms with Crippen LogP contribution in [-0.2, 0) is 25.3 Å². The van der Waals surface area contributed by atoms with E-state index in [0.717, 1.165) is 17.7 Å². The van der Waals surface area contributed by atoms with Gasteiger partial charge in [-0.3, -0.25) is 14.4 Å². The molecule has 2 amide bonds.